The lowest BCUT2D eigenvalue weighted by Gasteiger charge is -2.18. The van der Waals surface area contributed by atoms with Crippen LogP contribution >= 0.6 is 0 Å². The first-order valence-corrected chi connectivity index (χ1v) is 5.54. The van der Waals surface area contributed by atoms with Gasteiger partial charge in [0, 0.05) is 13.0 Å². The number of aliphatic hydroxyl groups is 2. The van der Waals surface area contributed by atoms with Crippen LogP contribution in [0, 0.1) is 0 Å². The smallest absolute Gasteiger partial charge is 0.167 e. The van der Waals surface area contributed by atoms with Crippen molar-refractivity contribution in [2.24, 2.45) is 0 Å². The van der Waals surface area contributed by atoms with E-state index < -0.39 is 6.23 Å². The maximum atomic E-state index is 9.03. The molecule has 0 radical (unpaired) electrons. The van der Waals surface area contributed by atoms with Gasteiger partial charge in [-0.05, 0) is 0 Å². The monoisotopic (exact) mass is 253 g/mol. The van der Waals surface area contributed by atoms with Gasteiger partial charge in [0.1, 0.15) is 18.1 Å². The van der Waals surface area contributed by atoms with Gasteiger partial charge in [-0.1, -0.05) is 0 Å². The molecular weight excluding hydrogens is 238 g/mol. The van der Waals surface area contributed by atoms with Crippen LogP contribution in [0.4, 0.5) is 5.82 Å². The first kappa shape index (κ1) is 12.7. The lowest BCUT2D eigenvalue weighted by Crippen LogP contribution is -2.16. The Morgan fingerprint density at radius 3 is 2.83 bits per heavy atom. The van der Waals surface area contributed by atoms with Crippen molar-refractivity contribution in [2.75, 3.05) is 25.6 Å². The first-order valence-electron chi connectivity index (χ1n) is 5.54. The Morgan fingerprint density at radius 1 is 1.28 bits per heavy atom. The molecule has 0 bridgehead atoms. The minimum atomic E-state index is -0.443. The molecule has 0 aliphatic carbocycles. The molecule has 0 aliphatic heterocycles. The van der Waals surface area contributed by atoms with E-state index in [9.17, 15) is 0 Å². The summed E-state index contributed by atoms with van der Waals surface area (Å²) in [6, 6.07) is 0. The molecule has 0 spiro atoms. The van der Waals surface area contributed by atoms with Crippen LogP contribution in [0.3, 0.4) is 0 Å². The molecule has 1 atom stereocenters. The van der Waals surface area contributed by atoms with Gasteiger partial charge in [-0.15, -0.1) is 0 Å². The third-order valence-corrected chi connectivity index (χ3v) is 2.47. The Balaban J connectivity index is 2.34. The normalized spacial score (nSPS) is 13.0. The fraction of sp³-hybridized carbons (Fsp3) is 0.500. The van der Waals surface area contributed by atoms with Gasteiger partial charge in [-0.3, -0.25) is 4.57 Å². The number of nitrogens with two attached hydrogens (primary N) is 1. The Morgan fingerprint density at radius 2 is 2.11 bits per heavy atom. The second-order valence-electron chi connectivity index (χ2n) is 3.64. The largest absolute Gasteiger partial charge is 0.396 e. The van der Waals surface area contributed by atoms with Crippen molar-refractivity contribution < 1.29 is 14.9 Å². The maximum Gasteiger partial charge on any atom is 0.167 e. The highest BCUT2D eigenvalue weighted by Gasteiger charge is 2.16. The predicted molar refractivity (Wildman–Crippen MR) is 63.5 cm³/mol. The number of hydrogen-bond acceptors (Lipinski definition) is 7. The van der Waals surface area contributed by atoms with Gasteiger partial charge < -0.3 is 20.7 Å². The van der Waals surface area contributed by atoms with Crippen molar-refractivity contribution >= 4 is 17.0 Å². The summed E-state index contributed by atoms with van der Waals surface area (Å²) in [7, 11) is 0. The van der Waals surface area contributed by atoms with E-state index in [-0.39, 0.29) is 19.8 Å². The first-order chi connectivity index (χ1) is 8.77. The second kappa shape index (κ2) is 5.71. The van der Waals surface area contributed by atoms with E-state index in [0.717, 1.165) is 0 Å². The summed E-state index contributed by atoms with van der Waals surface area (Å²) in [5.74, 6) is 0.295. The van der Waals surface area contributed by atoms with Crippen LogP contribution < -0.4 is 5.73 Å². The fourth-order valence-electron chi connectivity index (χ4n) is 1.68. The highest BCUT2D eigenvalue weighted by Crippen LogP contribution is 2.21. The molecule has 0 unspecified atom stereocenters. The van der Waals surface area contributed by atoms with Crippen LogP contribution in [0.5, 0.6) is 0 Å². The average Bonchev–Trinajstić information content (AvgIpc) is 2.80. The Labute approximate surface area is 103 Å². The summed E-state index contributed by atoms with van der Waals surface area (Å²) in [6.45, 7) is 0.0346. The van der Waals surface area contributed by atoms with E-state index >= 15 is 0 Å². The number of imidazole rings is 1. The molecule has 2 rings (SSSR count). The summed E-state index contributed by atoms with van der Waals surface area (Å²) in [5, 5.41) is 17.8. The molecule has 2 heterocycles. The van der Waals surface area contributed by atoms with E-state index in [4.69, 9.17) is 20.7 Å². The Bertz CT molecular complexity index is 515. The summed E-state index contributed by atoms with van der Waals surface area (Å²) in [5.41, 5.74) is 6.72. The molecule has 0 fully saturated rings. The van der Waals surface area contributed by atoms with Crippen molar-refractivity contribution in [1.29, 1.82) is 0 Å². The molecule has 0 aliphatic rings. The zero-order valence-electron chi connectivity index (χ0n) is 9.73. The highest BCUT2D eigenvalue weighted by atomic mass is 16.5. The van der Waals surface area contributed by atoms with Crippen molar-refractivity contribution in [2.45, 2.75) is 12.6 Å². The Kier molecular flexibility index (Phi) is 4.03. The molecule has 0 saturated heterocycles. The number of nitrogens with zero attached hydrogens (tertiary/aromatic N) is 4. The van der Waals surface area contributed by atoms with Gasteiger partial charge in [0.25, 0.3) is 0 Å². The zero-order chi connectivity index (χ0) is 13.0. The number of ether oxygens (including phenoxy) is 1. The van der Waals surface area contributed by atoms with Crippen LogP contribution in [0.15, 0.2) is 12.7 Å². The predicted octanol–water partition coefficient (Wildman–Crippen LogP) is -0.702. The number of fused-ring (bicyclic) bond motifs is 1. The minimum absolute atomic E-state index is 0.0453. The van der Waals surface area contributed by atoms with Crippen LogP contribution in [0.2, 0.25) is 0 Å². The van der Waals surface area contributed by atoms with Gasteiger partial charge in [0.2, 0.25) is 0 Å². The van der Waals surface area contributed by atoms with E-state index in [2.05, 4.69) is 15.0 Å². The quantitative estimate of drug-likeness (QED) is 0.622. The number of anilines is 1. The van der Waals surface area contributed by atoms with Crippen LogP contribution in [0.25, 0.3) is 11.2 Å². The second-order valence-corrected chi connectivity index (χ2v) is 3.64. The molecule has 0 saturated carbocycles. The maximum absolute atomic E-state index is 9.03. The molecule has 0 aromatic carbocycles. The van der Waals surface area contributed by atoms with Crippen LogP contribution in [-0.2, 0) is 4.74 Å². The number of hydrogen-bond donors (Lipinski definition) is 3. The molecule has 2 aromatic rings. The third kappa shape index (κ3) is 2.40. The summed E-state index contributed by atoms with van der Waals surface area (Å²) >= 11 is 0. The van der Waals surface area contributed by atoms with E-state index in [1.165, 1.54) is 12.7 Å². The van der Waals surface area contributed by atoms with Crippen molar-refractivity contribution in [3.05, 3.63) is 12.7 Å². The van der Waals surface area contributed by atoms with Crippen LogP contribution in [0.1, 0.15) is 12.6 Å². The van der Waals surface area contributed by atoms with Gasteiger partial charge in [0.15, 0.2) is 11.5 Å². The average molecular weight is 253 g/mol. The number of nitrogen functional groups attached to an aromatic ring is 1. The summed E-state index contributed by atoms with van der Waals surface area (Å²) < 4.78 is 7.10. The lowest BCUT2D eigenvalue weighted by molar-refractivity contribution is -0.0260. The van der Waals surface area contributed by atoms with E-state index in [1.54, 1.807) is 4.57 Å². The number of aliphatic hydroxyl groups excluding tert-OH is 2. The third-order valence-electron chi connectivity index (χ3n) is 2.47. The minimum Gasteiger partial charge on any atom is -0.396 e. The van der Waals surface area contributed by atoms with Crippen molar-refractivity contribution in [3.63, 3.8) is 0 Å². The van der Waals surface area contributed by atoms with E-state index in [0.29, 0.717) is 23.4 Å². The SMILES string of the molecule is Nc1ncnc2c1ncn2[C@@H](CCO)OCCO. The molecule has 4 N–H and O–H groups in total. The van der Waals surface area contributed by atoms with Crippen molar-refractivity contribution in [1.82, 2.24) is 19.5 Å². The van der Waals surface area contributed by atoms with Gasteiger partial charge in [-0.2, -0.15) is 0 Å². The number of aromatic nitrogens is 4. The molecule has 8 nitrogen and oxygen atoms in total. The fourth-order valence-corrected chi connectivity index (χ4v) is 1.68. The summed E-state index contributed by atoms with van der Waals surface area (Å²) in [6.07, 6.45) is 2.81. The van der Waals surface area contributed by atoms with Crippen LogP contribution in [-0.4, -0.2) is 49.6 Å². The molecule has 98 valence electrons. The molecular formula is C10H15N5O3. The summed E-state index contributed by atoms with van der Waals surface area (Å²) in [4.78, 5) is 12.1. The van der Waals surface area contributed by atoms with Gasteiger partial charge in [-0.25, -0.2) is 15.0 Å². The molecule has 8 heteroatoms. The standard InChI is InChI=1S/C10H15N5O3/c11-9-8-10(13-5-12-9)15(6-14-8)7(1-2-16)18-4-3-17/h5-7,16-17H,1-4H2,(H2,11,12,13)/t7-/m1/s1. The molecule has 0 amide bonds. The lowest BCUT2D eigenvalue weighted by atomic mass is 10.4. The zero-order valence-corrected chi connectivity index (χ0v) is 9.73. The Hall–Kier alpha value is -1.77. The molecule has 2 aromatic heterocycles. The number of rotatable bonds is 6. The molecule has 18 heavy (non-hydrogen) atoms. The van der Waals surface area contributed by atoms with Gasteiger partial charge in [0.05, 0.1) is 19.5 Å². The topological polar surface area (TPSA) is 119 Å². The van der Waals surface area contributed by atoms with E-state index in [1.807, 2.05) is 0 Å². The van der Waals surface area contributed by atoms with Gasteiger partial charge >= 0.3 is 0 Å². The highest BCUT2D eigenvalue weighted by molar-refractivity contribution is 5.81. The van der Waals surface area contributed by atoms with Crippen molar-refractivity contribution in [3.8, 4) is 0 Å².